The maximum atomic E-state index is 15.2. The zero-order valence-electron chi connectivity index (χ0n) is 20.2. The summed E-state index contributed by atoms with van der Waals surface area (Å²) in [7, 11) is 2.06. The summed E-state index contributed by atoms with van der Waals surface area (Å²) in [5, 5.41) is 7.13. The minimum Gasteiger partial charge on any atom is -0.418 e. The zero-order valence-corrected chi connectivity index (χ0v) is 20.2. The Morgan fingerprint density at radius 2 is 1.86 bits per heavy atom. The van der Waals surface area contributed by atoms with Crippen LogP contribution in [0.15, 0.2) is 28.3 Å². The molecular weight excluding hydrogens is 454 g/mol. The van der Waals surface area contributed by atoms with Crippen molar-refractivity contribution >= 4 is 23.6 Å². The number of fused-ring (bicyclic) bond motifs is 1. The van der Waals surface area contributed by atoms with Gasteiger partial charge in [0.15, 0.2) is 11.6 Å². The molecule has 0 saturated carbocycles. The van der Waals surface area contributed by atoms with E-state index in [2.05, 4.69) is 37.3 Å². The highest BCUT2D eigenvalue weighted by Gasteiger charge is 2.25. The third-order valence-electron chi connectivity index (χ3n) is 6.24. The fourth-order valence-corrected chi connectivity index (χ4v) is 4.22. The number of nitrogens with one attached hydrogen (secondary N) is 1. The number of likely N-dealkylation sites (N-methyl/N-ethyl adjacent to an activating group) is 1. The van der Waals surface area contributed by atoms with E-state index in [0.717, 1.165) is 37.4 Å². The first-order valence-corrected chi connectivity index (χ1v) is 11.7. The lowest BCUT2D eigenvalue weighted by molar-refractivity contribution is 0.311. The summed E-state index contributed by atoms with van der Waals surface area (Å²) < 4.78 is 41.1. The van der Waals surface area contributed by atoms with Gasteiger partial charge in [-0.25, -0.2) is 8.78 Å². The third kappa shape index (κ3) is 4.84. The number of hydrogen-bond donors (Lipinski definition) is 1. The summed E-state index contributed by atoms with van der Waals surface area (Å²) in [5.41, 5.74) is 2.70. The van der Waals surface area contributed by atoms with Crippen molar-refractivity contribution < 1.29 is 18.0 Å². The molecule has 3 aromatic rings. The molecule has 0 unspecified atom stereocenters. The van der Waals surface area contributed by atoms with Crippen LogP contribution in [0, 0.1) is 11.6 Å². The van der Waals surface area contributed by atoms with E-state index in [1.807, 2.05) is 20.8 Å². The number of allylic oxidation sites excluding steroid dienone is 1. The van der Waals surface area contributed by atoms with Crippen molar-refractivity contribution in [3.63, 3.8) is 0 Å². The highest BCUT2D eigenvalue weighted by atomic mass is 19.1. The van der Waals surface area contributed by atoms with Crippen molar-refractivity contribution in [3.8, 4) is 11.8 Å². The predicted octanol–water partition coefficient (Wildman–Crippen LogP) is 5.11. The monoisotopic (exact) mass is 482 g/mol. The van der Waals surface area contributed by atoms with Gasteiger partial charge >= 0.3 is 6.01 Å². The Morgan fingerprint density at radius 1 is 1.09 bits per heavy atom. The first-order valence-electron chi connectivity index (χ1n) is 11.7. The minimum absolute atomic E-state index is 0.163. The van der Waals surface area contributed by atoms with Crippen LogP contribution < -0.4 is 15.0 Å². The van der Waals surface area contributed by atoms with Crippen LogP contribution in [0.3, 0.4) is 0 Å². The number of piperazine rings is 1. The van der Waals surface area contributed by atoms with Gasteiger partial charge in [-0.1, -0.05) is 30.7 Å². The molecule has 0 amide bonds. The number of hydrogen-bond acceptors (Lipinski definition) is 8. The quantitative estimate of drug-likeness (QED) is 0.519. The van der Waals surface area contributed by atoms with Gasteiger partial charge < -0.3 is 24.4 Å². The van der Waals surface area contributed by atoms with E-state index in [-0.39, 0.29) is 11.9 Å². The molecular formula is C25H28F2N6O2. The molecule has 0 radical (unpaired) electrons. The van der Waals surface area contributed by atoms with Crippen molar-refractivity contribution in [2.75, 3.05) is 43.4 Å². The SMILES string of the molecule is CC1=Cc2c(cc(F)c(Oc3nc(Nc4cc(C(C)C)no4)cc(N4CCN(C)CC4)n3)c2F)C1. The van der Waals surface area contributed by atoms with Gasteiger partial charge in [-0.05, 0) is 37.9 Å². The molecule has 1 aliphatic carbocycles. The average Bonchev–Trinajstić information content (AvgIpc) is 3.43. The van der Waals surface area contributed by atoms with Crippen LogP contribution in [-0.2, 0) is 6.42 Å². The Labute approximate surface area is 202 Å². The van der Waals surface area contributed by atoms with E-state index in [0.29, 0.717) is 35.1 Å². The van der Waals surface area contributed by atoms with Crippen LogP contribution in [-0.4, -0.2) is 53.3 Å². The summed E-state index contributed by atoms with van der Waals surface area (Å²) in [5.74, 6) is -0.500. The molecule has 184 valence electrons. The number of rotatable bonds is 6. The topological polar surface area (TPSA) is 79.5 Å². The molecule has 8 nitrogen and oxygen atoms in total. The van der Waals surface area contributed by atoms with Crippen molar-refractivity contribution in [3.05, 3.63) is 52.2 Å². The van der Waals surface area contributed by atoms with Gasteiger partial charge in [0.25, 0.3) is 0 Å². The number of anilines is 3. The van der Waals surface area contributed by atoms with Crippen molar-refractivity contribution in [2.45, 2.75) is 33.1 Å². The number of ether oxygens (including phenoxy) is 1. The molecule has 2 aliphatic rings. The first-order chi connectivity index (χ1) is 16.8. The predicted molar refractivity (Wildman–Crippen MR) is 129 cm³/mol. The average molecular weight is 483 g/mol. The van der Waals surface area contributed by atoms with E-state index < -0.39 is 17.4 Å². The Hall–Kier alpha value is -3.53. The highest BCUT2D eigenvalue weighted by molar-refractivity contribution is 5.66. The molecule has 1 fully saturated rings. The first kappa shape index (κ1) is 23.2. The smallest absolute Gasteiger partial charge is 0.326 e. The number of halogens is 2. The van der Waals surface area contributed by atoms with Gasteiger partial charge in [0.2, 0.25) is 11.6 Å². The van der Waals surface area contributed by atoms with Crippen LogP contribution in [0.25, 0.3) is 6.08 Å². The van der Waals surface area contributed by atoms with Crippen molar-refractivity contribution in [1.82, 2.24) is 20.0 Å². The lowest BCUT2D eigenvalue weighted by Gasteiger charge is -2.33. The van der Waals surface area contributed by atoms with Gasteiger partial charge in [-0.3, -0.25) is 0 Å². The molecule has 35 heavy (non-hydrogen) atoms. The molecule has 1 aliphatic heterocycles. The zero-order chi connectivity index (χ0) is 24.7. The lowest BCUT2D eigenvalue weighted by atomic mass is 10.1. The molecule has 0 bridgehead atoms. The van der Waals surface area contributed by atoms with Gasteiger partial charge in [0.05, 0.1) is 5.69 Å². The lowest BCUT2D eigenvalue weighted by Crippen LogP contribution is -2.44. The van der Waals surface area contributed by atoms with Gasteiger partial charge in [-0.15, -0.1) is 0 Å². The molecule has 1 aromatic carbocycles. The Morgan fingerprint density at radius 3 is 2.57 bits per heavy atom. The second kappa shape index (κ2) is 9.26. The normalized spacial score (nSPS) is 16.0. The van der Waals surface area contributed by atoms with E-state index in [9.17, 15) is 4.39 Å². The van der Waals surface area contributed by atoms with Gasteiger partial charge in [-0.2, -0.15) is 9.97 Å². The molecule has 10 heteroatoms. The Balaban J connectivity index is 1.49. The maximum absolute atomic E-state index is 15.2. The van der Waals surface area contributed by atoms with Crippen LogP contribution in [0.4, 0.5) is 26.3 Å². The van der Waals surface area contributed by atoms with Gasteiger partial charge in [0.1, 0.15) is 11.6 Å². The summed E-state index contributed by atoms with van der Waals surface area (Å²) in [6.45, 7) is 9.13. The summed E-state index contributed by atoms with van der Waals surface area (Å²) in [6.07, 6.45) is 2.23. The summed E-state index contributed by atoms with van der Waals surface area (Å²) in [6, 6.07) is 4.70. The third-order valence-corrected chi connectivity index (χ3v) is 6.24. The number of nitrogens with zero attached hydrogens (tertiary/aromatic N) is 5. The molecule has 2 aromatic heterocycles. The van der Waals surface area contributed by atoms with Crippen LogP contribution >= 0.6 is 0 Å². The van der Waals surface area contributed by atoms with Crippen LogP contribution in [0.2, 0.25) is 0 Å². The molecule has 5 rings (SSSR count). The fraction of sp³-hybridized carbons (Fsp3) is 0.400. The largest absolute Gasteiger partial charge is 0.418 e. The maximum Gasteiger partial charge on any atom is 0.326 e. The summed E-state index contributed by atoms with van der Waals surface area (Å²) >= 11 is 0. The van der Waals surface area contributed by atoms with E-state index in [1.54, 1.807) is 18.2 Å². The van der Waals surface area contributed by atoms with E-state index in [4.69, 9.17) is 9.26 Å². The van der Waals surface area contributed by atoms with Crippen molar-refractivity contribution in [2.24, 2.45) is 0 Å². The van der Waals surface area contributed by atoms with E-state index >= 15 is 4.39 Å². The molecule has 1 N–H and O–H groups in total. The Kier molecular flexibility index (Phi) is 6.14. The minimum atomic E-state index is -0.788. The van der Waals surface area contributed by atoms with Gasteiger partial charge in [0, 0.05) is 43.9 Å². The second-order valence-corrected chi connectivity index (χ2v) is 9.42. The van der Waals surface area contributed by atoms with Crippen molar-refractivity contribution in [1.29, 1.82) is 0 Å². The fourth-order valence-electron chi connectivity index (χ4n) is 4.22. The van der Waals surface area contributed by atoms with Crippen LogP contribution in [0.1, 0.15) is 43.5 Å². The standard InChI is InChI=1S/C25H28F2N6O2/c1-14(2)19-12-22(35-31-19)28-20-13-21(33-7-5-32(4)6-8-33)30-25(29-20)34-24-18(26)11-16-9-15(3)10-17(16)23(24)27/h10-14H,5-9H2,1-4H3,(H,28,29,30). The summed E-state index contributed by atoms with van der Waals surface area (Å²) in [4.78, 5) is 13.2. The molecule has 0 spiro atoms. The highest BCUT2D eigenvalue weighted by Crippen LogP contribution is 2.36. The number of benzene rings is 1. The Bertz CT molecular complexity index is 1280. The number of aromatic nitrogens is 3. The van der Waals surface area contributed by atoms with Crippen LogP contribution in [0.5, 0.6) is 11.8 Å². The van der Waals surface area contributed by atoms with E-state index in [1.165, 1.54) is 6.07 Å². The molecule has 3 heterocycles. The second-order valence-electron chi connectivity index (χ2n) is 9.42. The molecule has 1 saturated heterocycles. The molecule has 0 atom stereocenters.